The number of hydrogen-bond acceptors (Lipinski definition) is 4. The van der Waals surface area contributed by atoms with Gasteiger partial charge in [-0.1, -0.05) is 54.1 Å². The fourth-order valence-corrected chi connectivity index (χ4v) is 3.28. The van der Waals surface area contributed by atoms with Gasteiger partial charge in [-0.05, 0) is 12.1 Å². The number of H-pyrrole nitrogens is 1. The fraction of sp³-hybridized carbons (Fsp3) is 0.158. The smallest absolute Gasteiger partial charge is 0.249 e. The van der Waals surface area contributed by atoms with Crippen LogP contribution >= 0.6 is 11.6 Å². The molecule has 2 heterocycles. The monoisotopic (exact) mass is 381 g/mol. The van der Waals surface area contributed by atoms with Crippen LogP contribution in [0.1, 0.15) is 6.42 Å². The van der Waals surface area contributed by atoms with Gasteiger partial charge in [-0.3, -0.25) is 20.0 Å². The molecule has 2 amide bonds. The molecule has 0 aliphatic carbocycles. The summed E-state index contributed by atoms with van der Waals surface area (Å²) >= 11 is 6.17. The van der Waals surface area contributed by atoms with Crippen molar-refractivity contribution < 1.29 is 9.59 Å². The molecule has 1 aliphatic rings. The Morgan fingerprint density at radius 3 is 2.67 bits per heavy atom. The van der Waals surface area contributed by atoms with Gasteiger partial charge >= 0.3 is 0 Å². The van der Waals surface area contributed by atoms with Crippen LogP contribution in [0.15, 0.2) is 54.6 Å². The molecule has 8 heteroatoms. The lowest BCUT2D eigenvalue weighted by molar-refractivity contribution is -0.122. The Morgan fingerprint density at radius 1 is 1.15 bits per heavy atom. The molecule has 1 atom stereocenters. The first-order valence-electron chi connectivity index (χ1n) is 8.45. The Hall–Kier alpha value is -3.19. The maximum atomic E-state index is 12.6. The summed E-state index contributed by atoms with van der Waals surface area (Å²) in [5.74, 6) is -0.180. The van der Waals surface area contributed by atoms with Crippen LogP contribution in [0.5, 0.6) is 0 Å². The number of carbonyl (C=O) groups excluding carboxylic acids is 2. The van der Waals surface area contributed by atoms with Crippen molar-refractivity contribution in [1.82, 2.24) is 15.2 Å². The highest BCUT2D eigenvalue weighted by Gasteiger charge is 2.36. The molecule has 0 bridgehead atoms. The lowest BCUT2D eigenvalue weighted by Crippen LogP contribution is -2.28. The molecule has 4 rings (SSSR count). The highest BCUT2D eigenvalue weighted by atomic mass is 35.5. The second-order valence-electron chi connectivity index (χ2n) is 6.22. The summed E-state index contributed by atoms with van der Waals surface area (Å²) in [6, 6.07) is 16.6. The van der Waals surface area contributed by atoms with Crippen LogP contribution in [-0.2, 0) is 9.59 Å². The highest BCUT2D eigenvalue weighted by Crippen LogP contribution is 2.31. The van der Waals surface area contributed by atoms with Crippen LogP contribution < -0.4 is 10.2 Å². The molecular formula is C19H16ClN5O2. The van der Waals surface area contributed by atoms with E-state index in [1.807, 2.05) is 30.3 Å². The molecule has 0 spiro atoms. The lowest BCUT2D eigenvalue weighted by atomic mass is 10.1. The molecule has 3 aromatic rings. The molecule has 1 unspecified atom stereocenters. The minimum absolute atomic E-state index is 0.118. The Bertz CT molecular complexity index is 989. The van der Waals surface area contributed by atoms with Crippen molar-refractivity contribution in [3.8, 4) is 11.4 Å². The van der Waals surface area contributed by atoms with Crippen LogP contribution in [0.25, 0.3) is 11.4 Å². The van der Waals surface area contributed by atoms with Crippen molar-refractivity contribution in [2.24, 2.45) is 5.92 Å². The van der Waals surface area contributed by atoms with Gasteiger partial charge in [-0.25, -0.2) is 0 Å². The molecule has 27 heavy (non-hydrogen) atoms. The molecule has 0 saturated carbocycles. The van der Waals surface area contributed by atoms with E-state index in [0.29, 0.717) is 16.5 Å². The molecule has 0 radical (unpaired) electrons. The van der Waals surface area contributed by atoms with Gasteiger partial charge < -0.3 is 4.90 Å². The van der Waals surface area contributed by atoms with Gasteiger partial charge in [0.15, 0.2) is 5.82 Å². The minimum Gasteiger partial charge on any atom is -0.310 e. The summed E-state index contributed by atoms with van der Waals surface area (Å²) in [6.45, 7) is 0.268. The standard InChI is InChI=1S/C19H16ClN5O2/c20-14-8-4-5-9-15(14)25-11-13(10-16(25)26)18(27)22-19-21-17(23-24-19)12-6-2-1-3-7-12/h1-9,13H,10-11H2,(H2,21,22,23,24,27). The quantitative estimate of drug-likeness (QED) is 0.726. The summed E-state index contributed by atoms with van der Waals surface area (Å²) in [5.41, 5.74) is 1.48. The number of aromatic amines is 1. The minimum atomic E-state index is -0.493. The molecule has 1 fully saturated rings. The van der Waals surface area contributed by atoms with Crippen molar-refractivity contribution in [3.05, 3.63) is 59.6 Å². The molecule has 7 nitrogen and oxygen atoms in total. The molecule has 1 aliphatic heterocycles. The summed E-state index contributed by atoms with van der Waals surface area (Å²) < 4.78 is 0. The number of anilines is 2. The van der Waals surface area contributed by atoms with Crippen LogP contribution in [0.2, 0.25) is 5.02 Å². The van der Waals surface area contributed by atoms with E-state index in [1.165, 1.54) is 0 Å². The lowest BCUT2D eigenvalue weighted by Gasteiger charge is -2.17. The van der Waals surface area contributed by atoms with Gasteiger partial charge in [-0.2, -0.15) is 4.98 Å². The van der Waals surface area contributed by atoms with E-state index in [9.17, 15) is 9.59 Å². The summed E-state index contributed by atoms with van der Waals surface area (Å²) in [4.78, 5) is 30.7. The van der Waals surface area contributed by atoms with E-state index in [0.717, 1.165) is 5.56 Å². The Labute approximate surface area is 160 Å². The highest BCUT2D eigenvalue weighted by molar-refractivity contribution is 6.33. The molecule has 1 aromatic heterocycles. The normalized spacial score (nSPS) is 16.6. The molecule has 2 N–H and O–H groups in total. The van der Waals surface area contributed by atoms with Crippen molar-refractivity contribution >= 4 is 35.1 Å². The van der Waals surface area contributed by atoms with E-state index < -0.39 is 5.92 Å². The third-order valence-electron chi connectivity index (χ3n) is 4.41. The number of nitrogens with zero attached hydrogens (tertiary/aromatic N) is 3. The molecule has 1 saturated heterocycles. The molecule has 2 aromatic carbocycles. The van der Waals surface area contributed by atoms with E-state index in [2.05, 4.69) is 20.5 Å². The third kappa shape index (κ3) is 3.54. The Balaban J connectivity index is 1.45. The molecular weight excluding hydrogens is 366 g/mol. The number of halogens is 1. The zero-order valence-electron chi connectivity index (χ0n) is 14.2. The van der Waals surface area contributed by atoms with Gasteiger partial charge in [0.1, 0.15) is 0 Å². The van der Waals surface area contributed by atoms with Crippen molar-refractivity contribution in [3.63, 3.8) is 0 Å². The summed E-state index contributed by atoms with van der Waals surface area (Å²) in [5, 5.41) is 9.98. The number of aromatic nitrogens is 3. The van der Waals surface area contributed by atoms with Crippen molar-refractivity contribution in [2.45, 2.75) is 6.42 Å². The first-order chi connectivity index (χ1) is 13.1. The van der Waals surface area contributed by atoms with Crippen LogP contribution in [0, 0.1) is 5.92 Å². The SMILES string of the molecule is O=C(Nc1n[nH]c(-c2ccccc2)n1)C1CC(=O)N(c2ccccc2Cl)C1. The van der Waals surface area contributed by atoms with Crippen molar-refractivity contribution in [2.75, 3.05) is 16.8 Å². The largest absolute Gasteiger partial charge is 0.310 e. The zero-order valence-corrected chi connectivity index (χ0v) is 15.0. The predicted octanol–water partition coefficient (Wildman–Crippen LogP) is 3.12. The number of amides is 2. The summed E-state index contributed by atoms with van der Waals surface area (Å²) in [7, 11) is 0. The maximum Gasteiger partial charge on any atom is 0.249 e. The number of benzene rings is 2. The number of carbonyl (C=O) groups is 2. The fourth-order valence-electron chi connectivity index (χ4n) is 3.04. The topological polar surface area (TPSA) is 91.0 Å². The van der Waals surface area contributed by atoms with Gasteiger partial charge in [0.25, 0.3) is 0 Å². The van der Waals surface area contributed by atoms with E-state index in [1.54, 1.807) is 29.2 Å². The van der Waals surface area contributed by atoms with Crippen molar-refractivity contribution in [1.29, 1.82) is 0 Å². The second kappa shape index (κ2) is 7.20. The first kappa shape index (κ1) is 17.2. The van der Waals surface area contributed by atoms with E-state index in [-0.39, 0.29) is 30.7 Å². The zero-order chi connectivity index (χ0) is 18.8. The van der Waals surface area contributed by atoms with Gasteiger partial charge in [0, 0.05) is 18.5 Å². The number of nitrogens with one attached hydrogen (secondary N) is 2. The number of para-hydroxylation sites is 1. The number of rotatable bonds is 4. The van der Waals surface area contributed by atoms with Crippen LogP contribution in [0.4, 0.5) is 11.6 Å². The first-order valence-corrected chi connectivity index (χ1v) is 8.83. The third-order valence-corrected chi connectivity index (χ3v) is 4.73. The summed E-state index contributed by atoms with van der Waals surface area (Å²) in [6.07, 6.45) is 0.118. The average molecular weight is 382 g/mol. The van der Waals surface area contributed by atoms with Crippen LogP contribution in [0.3, 0.4) is 0 Å². The van der Waals surface area contributed by atoms with Crippen LogP contribution in [-0.4, -0.2) is 33.5 Å². The second-order valence-corrected chi connectivity index (χ2v) is 6.63. The Kier molecular flexibility index (Phi) is 4.60. The molecule has 136 valence electrons. The van der Waals surface area contributed by atoms with E-state index in [4.69, 9.17) is 11.6 Å². The van der Waals surface area contributed by atoms with E-state index >= 15 is 0 Å². The average Bonchev–Trinajstić information content (AvgIpc) is 3.30. The predicted molar refractivity (Wildman–Crippen MR) is 102 cm³/mol. The number of hydrogen-bond donors (Lipinski definition) is 2. The maximum absolute atomic E-state index is 12.6. The van der Waals surface area contributed by atoms with Gasteiger partial charge in [0.05, 0.1) is 16.6 Å². The van der Waals surface area contributed by atoms with Gasteiger partial charge in [0.2, 0.25) is 17.8 Å². The Morgan fingerprint density at radius 2 is 1.89 bits per heavy atom. The van der Waals surface area contributed by atoms with Gasteiger partial charge in [-0.15, -0.1) is 5.10 Å².